The maximum atomic E-state index is 12.6. The fraction of sp³-hybridized carbons (Fsp3) is 0.800. The van der Waals surface area contributed by atoms with Crippen molar-refractivity contribution in [2.45, 2.75) is 32.2 Å². The second-order valence-corrected chi connectivity index (χ2v) is 5.27. The molecule has 0 saturated heterocycles. The molecular weight excluding hydrogens is 265 g/mol. The third-order valence-electron chi connectivity index (χ3n) is 3.07. The van der Waals surface area contributed by atoms with Gasteiger partial charge in [-0.3, -0.25) is 4.90 Å². The van der Waals surface area contributed by atoms with Gasteiger partial charge in [0, 0.05) is 24.9 Å². The van der Waals surface area contributed by atoms with Crippen LogP contribution >= 0.6 is 11.8 Å². The van der Waals surface area contributed by atoms with Crippen LogP contribution in [0.3, 0.4) is 0 Å². The summed E-state index contributed by atoms with van der Waals surface area (Å²) in [6, 6.07) is 0.333. The molecule has 2 heterocycles. The van der Waals surface area contributed by atoms with Crippen molar-refractivity contribution in [3.8, 4) is 0 Å². The lowest BCUT2D eigenvalue weighted by molar-refractivity contribution is -0.148. The lowest BCUT2D eigenvalue weighted by Crippen LogP contribution is -2.41. The fourth-order valence-corrected chi connectivity index (χ4v) is 2.80. The predicted molar refractivity (Wildman–Crippen MR) is 63.3 cm³/mol. The molecule has 0 N–H and O–H groups in total. The van der Waals surface area contributed by atoms with Crippen LogP contribution in [0.2, 0.25) is 0 Å². The third kappa shape index (κ3) is 2.64. The summed E-state index contributed by atoms with van der Waals surface area (Å²) in [4.78, 5) is 2.14. The van der Waals surface area contributed by atoms with Crippen LogP contribution in [0.25, 0.3) is 0 Å². The molecular formula is C10H15F3N4S. The summed E-state index contributed by atoms with van der Waals surface area (Å²) in [5, 5.41) is 6.93. The molecule has 1 aromatic heterocycles. The summed E-state index contributed by atoms with van der Waals surface area (Å²) < 4.78 is 39.1. The van der Waals surface area contributed by atoms with Gasteiger partial charge in [0.15, 0.2) is 0 Å². The molecule has 18 heavy (non-hydrogen) atoms. The van der Waals surface area contributed by atoms with Crippen molar-refractivity contribution in [2.75, 3.05) is 18.6 Å². The average Bonchev–Trinajstić information content (AvgIpc) is 2.71. The van der Waals surface area contributed by atoms with Crippen molar-refractivity contribution in [1.82, 2.24) is 19.7 Å². The minimum atomic E-state index is -4.42. The van der Waals surface area contributed by atoms with Crippen molar-refractivity contribution in [3.05, 3.63) is 11.6 Å². The van der Waals surface area contributed by atoms with Crippen LogP contribution in [-0.2, 0) is 19.3 Å². The van der Waals surface area contributed by atoms with E-state index < -0.39 is 12.0 Å². The first kappa shape index (κ1) is 13.7. The summed E-state index contributed by atoms with van der Waals surface area (Å²) in [5.41, 5.74) is 0. The molecule has 0 aromatic carbocycles. The van der Waals surface area contributed by atoms with E-state index in [1.54, 1.807) is 11.8 Å². The van der Waals surface area contributed by atoms with E-state index >= 15 is 0 Å². The van der Waals surface area contributed by atoms with Crippen molar-refractivity contribution in [2.24, 2.45) is 0 Å². The molecule has 1 aliphatic rings. The largest absolute Gasteiger partial charge is 0.451 e. The molecule has 102 valence electrons. The monoisotopic (exact) mass is 280 g/mol. The first-order chi connectivity index (χ1) is 8.43. The summed E-state index contributed by atoms with van der Waals surface area (Å²) in [6.07, 6.45) is -2.40. The van der Waals surface area contributed by atoms with Gasteiger partial charge in [0.05, 0.1) is 6.54 Å². The first-order valence-electron chi connectivity index (χ1n) is 5.65. The standard InChI is InChI=1S/C10H15F3N4S/c1-7(6-18-2)16-3-4-17-8(5-16)14-15-9(17)10(11,12)13/h7H,3-6H2,1-2H3. The number of alkyl halides is 3. The molecule has 0 radical (unpaired) electrons. The van der Waals surface area contributed by atoms with Gasteiger partial charge in [-0.05, 0) is 13.2 Å². The van der Waals surface area contributed by atoms with Crippen LogP contribution in [0, 0.1) is 0 Å². The van der Waals surface area contributed by atoms with Crippen LogP contribution in [-0.4, -0.2) is 44.3 Å². The highest BCUT2D eigenvalue weighted by Gasteiger charge is 2.39. The van der Waals surface area contributed by atoms with E-state index in [2.05, 4.69) is 22.0 Å². The number of hydrogen-bond acceptors (Lipinski definition) is 4. The predicted octanol–water partition coefficient (Wildman–Crippen LogP) is 1.86. The van der Waals surface area contributed by atoms with E-state index in [1.165, 1.54) is 4.57 Å². The van der Waals surface area contributed by atoms with Gasteiger partial charge < -0.3 is 4.57 Å². The molecule has 1 unspecified atom stereocenters. The van der Waals surface area contributed by atoms with E-state index in [9.17, 15) is 13.2 Å². The van der Waals surface area contributed by atoms with E-state index in [0.29, 0.717) is 31.5 Å². The van der Waals surface area contributed by atoms with Gasteiger partial charge in [-0.1, -0.05) is 0 Å². The maximum absolute atomic E-state index is 12.6. The summed E-state index contributed by atoms with van der Waals surface area (Å²) in [7, 11) is 0. The van der Waals surface area contributed by atoms with Gasteiger partial charge in [-0.25, -0.2) is 0 Å². The smallest absolute Gasteiger partial charge is 0.305 e. The van der Waals surface area contributed by atoms with Crippen molar-refractivity contribution in [3.63, 3.8) is 0 Å². The number of rotatable bonds is 3. The van der Waals surface area contributed by atoms with Crippen molar-refractivity contribution >= 4 is 11.8 Å². The van der Waals surface area contributed by atoms with Gasteiger partial charge in [-0.2, -0.15) is 24.9 Å². The number of hydrogen-bond donors (Lipinski definition) is 0. The quantitative estimate of drug-likeness (QED) is 0.846. The molecule has 1 aliphatic heterocycles. The van der Waals surface area contributed by atoms with Crippen LogP contribution < -0.4 is 0 Å². The Morgan fingerprint density at radius 2 is 2.06 bits per heavy atom. The Labute approximate surface area is 108 Å². The van der Waals surface area contributed by atoms with Crippen LogP contribution in [0.15, 0.2) is 0 Å². The van der Waals surface area contributed by atoms with E-state index in [-0.39, 0.29) is 0 Å². The zero-order valence-electron chi connectivity index (χ0n) is 10.2. The summed E-state index contributed by atoms with van der Waals surface area (Å²) >= 11 is 1.73. The topological polar surface area (TPSA) is 34.0 Å². The fourth-order valence-electron chi connectivity index (χ4n) is 2.11. The summed E-state index contributed by atoms with van der Waals surface area (Å²) in [5.74, 6) is 0.483. The molecule has 1 atom stereocenters. The Balaban J connectivity index is 2.15. The number of thioether (sulfide) groups is 1. The van der Waals surface area contributed by atoms with E-state index in [0.717, 1.165) is 5.75 Å². The van der Waals surface area contributed by atoms with Crippen LogP contribution in [0.5, 0.6) is 0 Å². The maximum Gasteiger partial charge on any atom is 0.451 e. The Morgan fingerprint density at radius 1 is 1.33 bits per heavy atom. The highest BCUT2D eigenvalue weighted by molar-refractivity contribution is 7.98. The molecule has 2 rings (SSSR count). The number of fused-ring (bicyclic) bond motifs is 1. The Hall–Kier alpha value is -0.760. The molecule has 1 aromatic rings. The third-order valence-corrected chi connectivity index (χ3v) is 3.88. The highest BCUT2D eigenvalue weighted by Crippen LogP contribution is 2.29. The van der Waals surface area contributed by atoms with Crippen molar-refractivity contribution < 1.29 is 13.2 Å². The average molecular weight is 280 g/mol. The Kier molecular flexibility index (Phi) is 3.86. The lowest BCUT2D eigenvalue weighted by atomic mass is 10.2. The molecule has 0 bridgehead atoms. The minimum absolute atomic E-state index is 0.301. The molecule has 4 nitrogen and oxygen atoms in total. The van der Waals surface area contributed by atoms with Gasteiger partial charge in [0.2, 0.25) is 5.82 Å². The normalized spacial score (nSPS) is 18.7. The first-order valence-corrected chi connectivity index (χ1v) is 7.05. The second kappa shape index (κ2) is 5.08. The molecule has 0 fully saturated rings. The van der Waals surface area contributed by atoms with E-state index in [4.69, 9.17) is 0 Å². The molecule has 0 aliphatic carbocycles. The molecule has 0 saturated carbocycles. The Bertz CT molecular complexity index is 418. The number of aromatic nitrogens is 3. The SMILES string of the molecule is CSCC(C)N1CCn2c(nnc2C(F)(F)F)C1. The zero-order chi connectivity index (χ0) is 13.3. The summed E-state index contributed by atoms with van der Waals surface area (Å²) in [6.45, 7) is 3.42. The zero-order valence-corrected chi connectivity index (χ0v) is 11.1. The molecule has 8 heteroatoms. The lowest BCUT2D eigenvalue weighted by Gasteiger charge is -2.32. The number of halogens is 3. The molecule has 0 spiro atoms. The Morgan fingerprint density at radius 3 is 2.67 bits per heavy atom. The van der Waals surface area contributed by atoms with Gasteiger partial charge >= 0.3 is 6.18 Å². The van der Waals surface area contributed by atoms with Crippen LogP contribution in [0.1, 0.15) is 18.6 Å². The van der Waals surface area contributed by atoms with Gasteiger partial charge in [0.1, 0.15) is 5.82 Å². The van der Waals surface area contributed by atoms with E-state index in [1.807, 2.05) is 6.26 Å². The van der Waals surface area contributed by atoms with Gasteiger partial charge in [0.25, 0.3) is 0 Å². The van der Waals surface area contributed by atoms with Crippen LogP contribution in [0.4, 0.5) is 13.2 Å². The number of nitrogens with zero attached hydrogens (tertiary/aromatic N) is 4. The molecule has 0 amide bonds. The second-order valence-electron chi connectivity index (χ2n) is 4.36. The highest BCUT2D eigenvalue weighted by atomic mass is 32.2. The van der Waals surface area contributed by atoms with Gasteiger partial charge in [-0.15, -0.1) is 10.2 Å². The van der Waals surface area contributed by atoms with Crippen molar-refractivity contribution in [1.29, 1.82) is 0 Å². The minimum Gasteiger partial charge on any atom is -0.305 e.